The number of hydrogen-bond donors (Lipinski definition) is 1. The molecular formula is C15H21NO4S. The van der Waals surface area contributed by atoms with E-state index in [1.165, 1.54) is 0 Å². The maximum Gasteiger partial charge on any atom is 0.182 e. The van der Waals surface area contributed by atoms with E-state index in [0.717, 1.165) is 19.3 Å². The number of hydrogen-bond acceptors (Lipinski definition) is 5. The van der Waals surface area contributed by atoms with Gasteiger partial charge in [-0.3, -0.25) is 0 Å². The standard InChI is InChI=1S/C15H21NO4S/c1-16-12-4-2-5-15(12)21(17,18)11-6-7-13-14(10-11)20-9-3-8-19-13/h6-7,10,12,15-16H,2-5,8-9H2,1H3. The van der Waals surface area contributed by atoms with Crippen LogP contribution in [0.2, 0.25) is 0 Å². The van der Waals surface area contributed by atoms with Crippen LogP contribution in [0.4, 0.5) is 0 Å². The predicted molar refractivity (Wildman–Crippen MR) is 79.7 cm³/mol. The Balaban J connectivity index is 1.94. The third-order valence-corrected chi connectivity index (χ3v) is 6.54. The first-order chi connectivity index (χ1) is 10.1. The topological polar surface area (TPSA) is 64.6 Å². The van der Waals surface area contributed by atoms with Gasteiger partial charge < -0.3 is 14.8 Å². The monoisotopic (exact) mass is 311 g/mol. The lowest BCUT2D eigenvalue weighted by Crippen LogP contribution is -2.38. The Morgan fingerprint density at radius 3 is 2.62 bits per heavy atom. The summed E-state index contributed by atoms with van der Waals surface area (Å²) < 4.78 is 36.8. The molecule has 1 saturated carbocycles. The quantitative estimate of drug-likeness (QED) is 0.921. The van der Waals surface area contributed by atoms with Crippen LogP contribution in [0.25, 0.3) is 0 Å². The Morgan fingerprint density at radius 1 is 1.10 bits per heavy atom. The van der Waals surface area contributed by atoms with E-state index in [4.69, 9.17) is 9.47 Å². The fourth-order valence-corrected chi connectivity index (χ4v) is 5.18. The van der Waals surface area contributed by atoms with Gasteiger partial charge >= 0.3 is 0 Å². The molecule has 1 aromatic rings. The number of nitrogens with one attached hydrogen (secondary N) is 1. The molecule has 0 saturated heterocycles. The van der Waals surface area contributed by atoms with Crippen molar-refractivity contribution in [1.82, 2.24) is 5.32 Å². The van der Waals surface area contributed by atoms with Crippen molar-refractivity contribution in [1.29, 1.82) is 0 Å². The summed E-state index contributed by atoms with van der Waals surface area (Å²) in [6.45, 7) is 1.16. The third-order valence-electron chi connectivity index (χ3n) is 4.27. The molecule has 1 aliphatic carbocycles. The summed E-state index contributed by atoms with van der Waals surface area (Å²) in [6.07, 6.45) is 3.37. The lowest BCUT2D eigenvalue weighted by atomic mass is 10.2. The second kappa shape index (κ2) is 5.85. The number of benzene rings is 1. The van der Waals surface area contributed by atoms with Gasteiger partial charge in [0.25, 0.3) is 0 Å². The fourth-order valence-electron chi connectivity index (χ4n) is 3.12. The van der Waals surface area contributed by atoms with Gasteiger partial charge in [0.15, 0.2) is 21.3 Å². The summed E-state index contributed by atoms with van der Waals surface area (Å²) in [6, 6.07) is 4.98. The zero-order chi connectivity index (χ0) is 14.9. The van der Waals surface area contributed by atoms with Crippen LogP contribution in [0.3, 0.4) is 0 Å². The molecule has 1 heterocycles. The van der Waals surface area contributed by atoms with Gasteiger partial charge in [0.05, 0.1) is 23.4 Å². The molecule has 1 fully saturated rings. The zero-order valence-corrected chi connectivity index (χ0v) is 13.0. The average Bonchev–Trinajstić information content (AvgIpc) is 2.85. The first-order valence-corrected chi connectivity index (χ1v) is 8.98. The molecule has 1 aliphatic heterocycles. The van der Waals surface area contributed by atoms with Crippen molar-refractivity contribution in [3.05, 3.63) is 18.2 Å². The molecule has 0 spiro atoms. The molecule has 0 aromatic heterocycles. The van der Waals surface area contributed by atoms with Crippen molar-refractivity contribution in [3.8, 4) is 11.5 Å². The Labute approximate surface area is 125 Å². The number of sulfone groups is 1. The Hall–Kier alpha value is -1.27. The van der Waals surface area contributed by atoms with Crippen LogP contribution in [-0.2, 0) is 9.84 Å². The minimum atomic E-state index is -3.34. The van der Waals surface area contributed by atoms with Crippen LogP contribution >= 0.6 is 0 Å². The van der Waals surface area contributed by atoms with Crippen molar-refractivity contribution in [2.24, 2.45) is 0 Å². The van der Waals surface area contributed by atoms with E-state index in [0.29, 0.717) is 36.0 Å². The van der Waals surface area contributed by atoms with Gasteiger partial charge in [-0.15, -0.1) is 0 Å². The van der Waals surface area contributed by atoms with E-state index >= 15 is 0 Å². The van der Waals surface area contributed by atoms with E-state index in [2.05, 4.69) is 5.32 Å². The van der Waals surface area contributed by atoms with Crippen molar-refractivity contribution in [2.75, 3.05) is 20.3 Å². The molecule has 5 nitrogen and oxygen atoms in total. The molecule has 0 bridgehead atoms. The molecule has 0 radical (unpaired) electrons. The highest BCUT2D eigenvalue weighted by Crippen LogP contribution is 2.35. The molecule has 116 valence electrons. The second-order valence-corrected chi connectivity index (χ2v) is 7.74. The highest BCUT2D eigenvalue weighted by molar-refractivity contribution is 7.92. The van der Waals surface area contributed by atoms with Crippen LogP contribution in [-0.4, -0.2) is 40.0 Å². The van der Waals surface area contributed by atoms with Gasteiger partial charge in [-0.2, -0.15) is 0 Å². The highest BCUT2D eigenvalue weighted by Gasteiger charge is 2.37. The van der Waals surface area contributed by atoms with Crippen LogP contribution in [0, 0.1) is 0 Å². The molecule has 1 aromatic carbocycles. The van der Waals surface area contributed by atoms with E-state index in [9.17, 15) is 8.42 Å². The fraction of sp³-hybridized carbons (Fsp3) is 0.600. The molecule has 2 atom stereocenters. The largest absolute Gasteiger partial charge is 0.490 e. The predicted octanol–water partition coefficient (Wildman–Crippen LogP) is 1.76. The minimum Gasteiger partial charge on any atom is -0.490 e. The van der Waals surface area contributed by atoms with Crippen molar-refractivity contribution in [3.63, 3.8) is 0 Å². The van der Waals surface area contributed by atoms with Crippen molar-refractivity contribution >= 4 is 9.84 Å². The third kappa shape index (κ3) is 2.74. The van der Waals surface area contributed by atoms with Crippen LogP contribution < -0.4 is 14.8 Å². The molecule has 0 amide bonds. The maximum atomic E-state index is 12.8. The van der Waals surface area contributed by atoms with E-state index in [-0.39, 0.29) is 11.3 Å². The molecule has 3 rings (SSSR count). The summed E-state index contributed by atoms with van der Waals surface area (Å²) in [5.74, 6) is 1.16. The number of ether oxygens (including phenoxy) is 2. The minimum absolute atomic E-state index is 0.0333. The summed E-state index contributed by atoms with van der Waals surface area (Å²) in [5.41, 5.74) is 0. The normalized spacial score (nSPS) is 25.6. The second-order valence-electron chi connectivity index (χ2n) is 5.57. The maximum absolute atomic E-state index is 12.8. The number of rotatable bonds is 3. The first kappa shape index (κ1) is 14.7. The lowest BCUT2D eigenvalue weighted by molar-refractivity contribution is 0.297. The summed E-state index contributed by atoms with van der Waals surface area (Å²) in [4.78, 5) is 0.332. The van der Waals surface area contributed by atoms with Gasteiger partial charge in [-0.05, 0) is 32.0 Å². The number of fused-ring (bicyclic) bond motifs is 1. The van der Waals surface area contributed by atoms with Crippen LogP contribution in [0.1, 0.15) is 25.7 Å². The average molecular weight is 311 g/mol. The SMILES string of the molecule is CNC1CCCC1S(=O)(=O)c1ccc2c(c1)OCCCO2. The van der Waals surface area contributed by atoms with Crippen molar-refractivity contribution in [2.45, 2.75) is 41.9 Å². The van der Waals surface area contributed by atoms with Gasteiger partial charge in [-0.25, -0.2) is 8.42 Å². The summed E-state index contributed by atoms with van der Waals surface area (Å²) in [5, 5.41) is 2.77. The summed E-state index contributed by atoms with van der Waals surface area (Å²) >= 11 is 0. The van der Waals surface area contributed by atoms with Crippen molar-refractivity contribution < 1.29 is 17.9 Å². The van der Waals surface area contributed by atoms with Gasteiger partial charge in [0.1, 0.15) is 0 Å². The van der Waals surface area contributed by atoms with Crippen LogP contribution in [0.15, 0.2) is 23.1 Å². The molecule has 6 heteroatoms. The zero-order valence-electron chi connectivity index (χ0n) is 12.2. The smallest absolute Gasteiger partial charge is 0.182 e. The summed E-state index contributed by atoms with van der Waals surface area (Å²) in [7, 11) is -1.52. The van der Waals surface area contributed by atoms with Gasteiger partial charge in [-0.1, -0.05) is 6.42 Å². The highest BCUT2D eigenvalue weighted by atomic mass is 32.2. The van der Waals surface area contributed by atoms with E-state index < -0.39 is 9.84 Å². The molecule has 2 unspecified atom stereocenters. The molecule has 2 aliphatic rings. The van der Waals surface area contributed by atoms with Crippen LogP contribution in [0.5, 0.6) is 11.5 Å². The van der Waals surface area contributed by atoms with Gasteiger partial charge in [0, 0.05) is 18.5 Å². The first-order valence-electron chi connectivity index (χ1n) is 7.44. The Bertz CT molecular complexity index is 614. The molecule has 21 heavy (non-hydrogen) atoms. The van der Waals surface area contributed by atoms with Gasteiger partial charge in [0.2, 0.25) is 0 Å². The Morgan fingerprint density at radius 2 is 1.86 bits per heavy atom. The molecular weight excluding hydrogens is 290 g/mol. The van der Waals surface area contributed by atoms with E-state index in [1.807, 2.05) is 7.05 Å². The molecule has 1 N–H and O–H groups in total. The van der Waals surface area contributed by atoms with E-state index in [1.54, 1.807) is 18.2 Å². The Kier molecular flexibility index (Phi) is 4.08. The lowest BCUT2D eigenvalue weighted by Gasteiger charge is -2.20.